The number of hydrogen-bond donors (Lipinski definition) is 0. The predicted molar refractivity (Wildman–Crippen MR) is 299 cm³/mol. The fourth-order valence-electron chi connectivity index (χ4n) is 11.9. The third kappa shape index (κ3) is 6.42. The second kappa shape index (κ2) is 16.5. The van der Waals surface area contributed by atoms with Crippen molar-refractivity contribution in [2.75, 3.05) is 4.90 Å². The van der Waals surface area contributed by atoms with Gasteiger partial charge in [0.05, 0.1) is 27.8 Å². The number of hydrogen-bond acceptors (Lipinski definition) is 1. The molecule has 14 rings (SSSR count). The first-order chi connectivity index (χ1) is 35.2. The Bertz CT molecular complexity index is 4040. The predicted octanol–water partition coefficient (Wildman–Crippen LogP) is 18.3. The van der Waals surface area contributed by atoms with E-state index in [0.717, 1.165) is 28.3 Å². The second-order valence-electron chi connectivity index (χ2n) is 18.8. The van der Waals surface area contributed by atoms with Crippen molar-refractivity contribution >= 4 is 60.4 Å². The third-order valence-corrected chi connectivity index (χ3v) is 15.0. The Morgan fingerprint density at radius 1 is 0.296 bits per heavy atom. The van der Waals surface area contributed by atoms with Gasteiger partial charge in [-0.2, -0.15) is 0 Å². The summed E-state index contributed by atoms with van der Waals surface area (Å²) in [6.45, 7) is 0. The molecule has 2 heteroatoms. The average molecular weight is 903 g/mol. The summed E-state index contributed by atoms with van der Waals surface area (Å²) in [6, 6.07) is 103. The van der Waals surface area contributed by atoms with Gasteiger partial charge >= 0.3 is 0 Å². The quantitative estimate of drug-likeness (QED) is 0.147. The third-order valence-electron chi connectivity index (χ3n) is 15.0. The van der Waals surface area contributed by atoms with Crippen LogP contribution in [0.4, 0.5) is 17.1 Å². The van der Waals surface area contributed by atoms with E-state index in [0.29, 0.717) is 0 Å². The Morgan fingerprint density at radius 2 is 0.803 bits per heavy atom. The van der Waals surface area contributed by atoms with Crippen molar-refractivity contribution < 1.29 is 0 Å². The van der Waals surface area contributed by atoms with Gasteiger partial charge in [0, 0.05) is 32.9 Å². The average Bonchev–Trinajstić information content (AvgIpc) is 3.94. The highest BCUT2D eigenvalue weighted by Gasteiger charge is 2.46. The molecule has 0 spiro atoms. The highest BCUT2D eigenvalue weighted by Crippen LogP contribution is 2.57. The molecule has 2 nitrogen and oxygen atoms in total. The molecule has 0 saturated carbocycles. The molecule has 12 aromatic carbocycles. The van der Waals surface area contributed by atoms with Crippen LogP contribution in [-0.4, -0.2) is 4.57 Å². The van der Waals surface area contributed by atoms with E-state index < -0.39 is 5.41 Å². The van der Waals surface area contributed by atoms with Crippen molar-refractivity contribution in [1.82, 2.24) is 4.57 Å². The normalized spacial score (nSPS) is 12.6. The van der Waals surface area contributed by atoms with Crippen LogP contribution in [0.25, 0.3) is 82.4 Å². The van der Waals surface area contributed by atoms with Crippen LogP contribution in [0.5, 0.6) is 0 Å². The van der Waals surface area contributed by atoms with Crippen LogP contribution < -0.4 is 4.90 Å². The molecular weight excluding hydrogens is 857 g/mol. The van der Waals surface area contributed by atoms with Crippen LogP contribution in [0.2, 0.25) is 0 Å². The Balaban J connectivity index is 0.880. The number of fused-ring (bicyclic) bond motifs is 8. The Kier molecular flexibility index (Phi) is 9.47. The molecule has 0 atom stereocenters. The second-order valence-corrected chi connectivity index (χ2v) is 18.8. The summed E-state index contributed by atoms with van der Waals surface area (Å²) in [5.74, 6) is 0. The first-order valence-corrected chi connectivity index (χ1v) is 24.6. The van der Waals surface area contributed by atoms with Gasteiger partial charge in [-0.15, -0.1) is 0 Å². The summed E-state index contributed by atoms with van der Waals surface area (Å²) >= 11 is 0. The van der Waals surface area contributed by atoms with Crippen molar-refractivity contribution in [2.24, 2.45) is 0 Å². The van der Waals surface area contributed by atoms with Crippen molar-refractivity contribution in [1.29, 1.82) is 0 Å². The number of nitrogens with zero attached hydrogens (tertiary/aromatic N) is 2. The van der Waals surface area contributed by atoms with E-state index >= 15 is 0 Å². The molecule has 0 radical (unpaired) electrons. The first kappa shape index (κ1) is 40.8. The molecule has 1 heterocycles. The fraction of sp³-hybridized carbons (Fsp3) is 0.0145. The van der Waals surface area contributed by atoms with E-state index in [1.807, 2.05) is 0 Å². The number of para-hydroxylation sites is 1. The number of benzene rings is 12. The number of rotatable bonds is 8. The maximum absolute atomic E-state index is 2.48. The molecular formula is C69H46N2. The molecule has 1 aromatic heterocycles. The Labute approximate surface area is 413 Å². The molecule has 71 heavy (non-hydrogen) atoms. The zero-order valence-corrected chi connectivity index (χ0v) is 39.0. The van der Waals surface area contributed by atoms with Crippen LogP contribution in [-0.2, 0) is 5.41 Å². The van der Waals surface area contributed by atoms with E-state index in [2.05, 4.69) is 289 Å². The van der Waals surface area contributed by atoms with Gasteiger partial charge in [0.25, 0.3) is 0 Å². The maximum atomic E-state index is 2.48. The van der Waals surface area contributed by atoms with Gasteiger partial charge < -0.3 is 9.47 Å². The van der Waals surface area contributed by atoms with E-state index in [4.69, 9.17) is 0 Å². The van der Waals surface area contributed by atoms with Gasteiger partial charge in [-0.05, 0) is 115 Å². The zero-order chi connectivity index (χ0) is 46.9. The molecule has 0 bridgehead atoms. The monoisotopic (exact) mass is 902 g/mol. The van der Waals surface area contributed by atoms with Crippen LogP contribution in [0.1, 0.15) is 22.3 Å². The topological polar surface area (TPSA) is 8.17 Å². The van der Waals surface area contributed by atoms with Crippen LogP contribution >= 0.6 is 0 Å². The summed E-state index contributed by atoms with van der Waals surface area (Å²) in [5, 5.41) is 7.33. The van der Waals surface area contributed by atoms with Gasteiger partial charge in [-0.1, -0.05) is 231 Å². The summed E-state index contributed by atoms with van der Waals surface area (Å²) in [7, 11) is 0. The van der Waals surface area contributed by atoms with Gasteiger partial charge in [0.15, 0.2) is 0 Å². The lowest BCUT2D eigenvalue weighted by Gasteiger charge is -2.34. The largest absolute Gasteiger partial charge is 0.309 e. The minimum Gasteiger partial charge on any atom is -0.309 e. The van der Waals surface area contributed by atoms with Crippen molar-refractivity contribution in [2.45, 2.75) is 5.41 Å². The van der Waals surface area contributed by atoms with Gasteiger partial charge in [0.2, 0.25) is 0 Å². The molecule has 1 aliphatic rings. The van der Waals surface area contributed by atoms with Crippen LogP contribution in [0.15, 0.2) is 279 Å². The number of aromatic nitrogens is 1. The molecule has 1 aliphatic carbocycles. The molecule has 0 saturated heterocycles. The summed E-state index contributed by atoms with van der Waals surface area (Å²) in [6.07, 6.45) is 0. The minimum atomic E-state index is -0.486. The van der Waals surface area contributed by atoms with E-state index in [-0.39, 0.29) is 0 Å². The smallest absolute Gasteiger partial charge is 0.0714 e. The zero-order valence-electron chi connectivity index (χ0n) is 39.0. The molecule has 13 aromatic rings. The molecule has 332 valence electrons. The molecule has 0 unspecified atom stereocenters. The van der Waals surface area contributed by atoms with E-state index in [1.54, 1.807) is 0 Å². The van der Waals surface area contributed by atoms with E-state index in [1.165, 1.54) is 93.4 Å². The van der Waals surface area contributed by atoms with Crippen LogP contribution in [0.3, 0.4) is 0 Å². The maximum Gasteiger partial charge on any atom is 0.0714 e. The standard InChI is InChI=1S/C69H46N2/c1-3-23-53(24-4-1)69(54-25-5-2-6-26-54)63-32-13-11-30-59(63)60-43-41-56(46-64(60)69)71-67-33-14-12-31-61(67)62-42-40-52(45-68(62)71)48-38-36-47(37-39-48)51-22-15-27-55(44-51)70(65-34-16-20-49-18-7-9-28-57(49)65)66-35-17-21-50-19-8-10-29-58(50)66/h1-46H. The highest BCUT2D eigenvalue weighted by molar-refractivity contribution is 6.10. The van der Waals surface area contributed by atoms with Crippen molar-refractivity contribution in [3.05, 3.63) is 301 Å². The van der Waals surface area contributed by atoms with Gasteiger partial charge in [0.1, 0.15) is 0 Å². The lowest BCUT2D eigenvalue weighted by molar-refractivity contribution is 0.767. The number of anilines is 3. The Morgan fingerprint density at radius 3 is 1.48 bits per heavy atom. The van der Waals surface area contributed by atoms with Crippen molar-refractivity contribution in [3.63, 3.8) is 0 Å². The van der Waals surface area contributed by atoms with Gasteiger partial charge in [-0.3, -0.25) is 0 Å². The lowest BCUT2D eigenvalue weighted by Crippen LogP contribution is -2.28. The molecule has 0 N–H and O–H groups in total. The fourth-order valence-corrected chi connectivity index (χ4v) is 11.9. The summed E-state index contributed by atoms with van der Waals surface area (Å²) in [5.41, 5.74) is 18.8. The molecule has 0 amide bonds. The van der Waals surface area contributed by atoms with Crippen molar-refractivity contribution in [3.8, 4) is 39.1 Å². The highest BCUT2D eigenvalue weighted by atomic mass is 15.1. The minimum absolute atomic E-state index is 0.486. The Hall–Kier alpha value is -9.24. The summed E-state index contributed by atoms with van der Waals surface area (Å²) in [4.78, 5) is 2.43. The summed E-state index contributed by atoms with van der Waals surface area (Å²) < 4.78 is 2.48. The lowest BCUT2D eigenvalue weighted by atomic mass is 9.67. The SMILES string of the molecule is c1ccc(C2(c3ccccc3)c3ccccc3-c3ccc(-n4c5ccccc5c5ccc(-c6ccc(-c7cccc(N(c8cccc9ccccc89)c8cccc9ccccc89)c7)cc6)cc54)cc32)cc1. The van der Waals surface area contributed by atoms with E-state index in [9.17, 15) is 0 Å². The first-order valence-electron chi connectivity index (χ1n) is 24.6. The van der Waals surface area contributed by atoms with Gasteiger partial charge in [-0.25, -0.2) is 0 Å². The molecule has 0 fully saturated rings. The molecule has 0 aliphatic heterocycles. The van der Waals surface area contributed by atoms with Crippen LogP contribution in [0, 0.1) is 0 Å².